The molecule has 0 aromatic rings. The van der Waals surface area contributed by atoms with E-state index in [9.17, 15) is 4.79 Å². The highest BCUT2D eigenvalue weighted by Gasteiger charge is 2.26. The van der Waals surface area contributed by atoms with Gasteiger partial charge in [0.15, 0.2) is 0 Å². The zero-order valence-electron chi connectivity index (χ0n) is 7.65. The van der Waals surface area contributed by atoms with Crippen molar-refractivity contribution in [3.05, 3.63) is 12.2 Å². The summed E-state index contributed by atoms with van der Waals surface area (Å²) in [7, 11) is 0. The van der Waals surface area contributed by atoms with Crippen LogP contribution in [-0.2, 0) is 4.79 Å². The Hall–Kier alpha value is -0.900. The number of thioether (sulfide) groups is 1. The Morgan fingerprint density at radius 2 is 2.46 bits per heavy atom. The van der Waals surface area contributed by atoms with E-state index in [0.29, 0.717) is 0 Å². The number of allylic oxidation sites excluding steroid dienone is 1. The lowest BCUT2D eigenvalue weighted by atomic mass is 9.99. The number of hydrogen-bond donors (Lipinski definition) is 1. The van der Waals surface area contributed by atoms with Gasteiger partial charge in [-0.15, -0.1) is 0 Å². The smallest absolute Gasteiger partial charge is 0.143 e. The summed E-state index contributed by atoms with van der Waals surface area (Å²) in [5.41, 5.74) is 0. The van der Waals surface area contributed by atoms with Gasteiger partial charge in [-0.05, 0) is 19.3 Å². The van der Waals surface area contributed by atoms with Gasteiger partial charge in [0.05, 0.1) is 11.2 Å². The zero-order chi connectivity index (χ0) is 9.84. The molecular weight excluding hydrogens is 184 g/mol. The molecule has 1 N–H and O–H groups in total. The van der Waals surface area contributed by atoms with Crippen LogP contribution >= 0.6 is 11.8 Å². The molecule has 1 rings (SSSR count). The minimum Gasteiger partial charge on any atom is -0.299 e. The van der Waals surface area contributed by atoms with Crippen LogP contribution in [0.1, 0.15) is 6.92 Å². The standard InChI is InChI=1S/C9H12N2OS/c1-6(12)8(13-2)7-4-3-5-11-9(7)10/h3-5,7-8,10H,1-2H3. The Bertz CT molecular complexity index is 283. The molecule has 0 amide bonds. The van der Waals surface area contributed by atoms with Crippen LogP contribution in [0.2, 0.25) is 0 Å². The van der Waals surface area contributed by atoms with Crippen LogP contribution in [0, 0.1) is 11.3 Å². The van der Waals surface area contributed by atoms with Crippen LogP contribution in [0.15, 0.2) is 17.1 Å². The van der Waals surface area contributed by atoms with Gasteiger partial charge in [-0.3, -0.25) is 10.2 Å². The molecule has 1 heterocycles. The van der Waals surface area contributed by atoms with Gasteiger partial charge in [0.2, 0.25) is 0 Å². The number of Topliss-reactive ketones (excluding diaryl/α,β-unsaturated/α-hetero) is 1. The van der Waals surface area contributed by atoms with Gasteiger partial charge in [0, 0.05) is 6.21 Å². The van der Waals surface area contributed by atoms with Crippen molar-refractivity contribution in [1.82, 2.24) is 0 Å². The third-order valence-corrected chi connectivity index (χ3v) is 3.05. The summed E-state index contributed by atoms with van der Waals surface area (Å²) >= 11 is 1.47. The molecule has 0 aliphatic carbocycles. The van der Waals surface area contributed by atoms with Crippen molar-refractivity contribution in [2.45, 2.75) is 12.2 Å². The molecule has 1 aliphatic heterocycles. The molecule has 70 valence electrons. The number of rotatable bonds is 3. The lowest BCUT2D eigenvalue weighted by Gasteiger charge is -2.20. The number of ketones is 1. The number of hydrogen-bond acceptors (Lipinski definition) is 3. The van der Waals surface area contributed by atoms with Crippen molar-refractivity contribution in [3.8, 4) is 0 Å². The Balaban J connectivity index is 2.80. The van der Waals surface area contributed by atoms with E-state index < -0.39 is 0 Å². The summed E-state index contributed by atoms with van der Waals surface area (Å²) in [6, 6.07) is 0. The molecule has 0 bridgehead atoms. The molecule has 13 heavy (non-hydrogen) atoms. The Labute approximate surface area is 81.8 Å². The van der Waals surface area contributed by atoms with Gasteiger partial charge in [-0.1, -0.05) is 6.08 Å². The average molecular weight is 196 g/mol. The highest BCUT2D eigenvalue weighted by atomic mass is 32.2. The number of nitrogens with zero attached hydrogens (tertiary/aromatic N) is 1. The lowest BCUT2D eigenvalue weighted by molar-refractivity contribution is -0.116. The predicted molar refractivity (Wildman–Crippen MR) is 56.8 cm³/mol. The lowest BCUT2D eigenvalue weighted by Crippen LogP contribution is -2.29. The summed E-state index contributed by atoms with van der Waals surface area (Å²) < 4.78 is 0. The van der Waals surface area contributed by atoms with Crippen LogP contribution in [0.3, 0.4) is 0 Å². The summed E-state index contributed by atoms with van der Waals surface area (Å²) in [5.74, 6) is 0.221. The summed E-state index contributed by atoms with van der Waals surface area (Å²) in [6.45, 7) is 1.56. The van der Waals surface area contributed by atoms with Crippen LogP contribution < -0.4 is 0 Å². The van der Waals surface area contributed by atoms with Gasteiger partial charge in [-0.2, -0.15) is 11.8 Å². The zero-order valence-corrected chi connectivity index (χ0v) is 8.47. The summed E-state index contributed by atoms with van der Waals surface area (Å²) in [5, 5.41) is 7.39. The second kappa shape index (κ2) is 4.37. The van der Waals surface area contributed by atoms with Crippen LogP contribution in [0.25, 0.3) is 0 Å². The van der Waals surface area contributed by atoms with E-state index in [1.54, 1.807) is 19.2 Å². The number of nitrogens with one attached hydrogen (secondary N) is 1. The number of carbonyl (C=O) groups excluding carboxylic acids is 1. The van der Waals surface area contributed by atoms with Gasteiger partial charge in [0.25, 0.3) is 0 Å². The van der Waals surface area contributed by atoms with Gasteiger partial charge >= 0.3 is 0 Å². The number of amidine groups is 1. The minimum absolute atomic E-state index is 0.101. The second-order valence-corrected chi connectivity index (χ2v) is 3.82. The van der Waals surface area contributed by atoms with Crippen molar-refractivity contribution in [3.63, 3.8) is 0 Å². The van der Waals surface area contributed by atoms with Crippen molar-refractivity contribution in [2.75, 3.05) is 6.26 Å². The van der Waals surface area contributed by atoms with Crippen LogP contribution in [-0.4, -0.2) is 29.3 Å². The number of carbonyl (C=O) groups is 1. The normalized spacial score (nSPS) is 23.2. The Morgan fingerprint density at radius 3 is 2.92 bits per heavy atom. The third kappa shape index (κ3) is 2.28. The molecule has 2 unspecified atom stereocenters. The fourth-order valence-corrected chi connectivity index (χ4v) is 2.12. The van der Waals surface area contributed by atoms with Gasteiger partial charge in [0.1, 0.15) is 11.6 Å². The molecule has 0 aromatic heterocycles. The molecule has 0 fully saturated rings. The SMILES string of the molecule is CSC(C(C)=O)C1C=CC=NC1=N. The average Bonchev–Trinajstić information content (AvgIpc) is 2.09. The predicted octanol–water partition coefficient (Wildman–Crippen LogP) is 1.54. The van der Waals surface area contributed by atoms with E-state index in [-0.39, 0.29) is 22.8 Å². The Kier molecular flexibility index (Phi) is 3.42. The number of aliphatic imine (C=N–C) groups is 1. The van der Waals surface area contributed by atoms with E-state index >= 15 is 0 Å². The highest BCUT2D eigenvalue weighted by molar-refractivity contribution is 8.00. The second-order valence-electron chi connectivity index (χ2n) is 2.84. The topological polar surface area (TPSA) is 53.3 Å². The molecule has 0 spiro atoms. The maximum atomic E-state index is 11.2. The maximum absolute atomic E-state index is 11.2. The molecule has 0 radical (unpaired) electrons. The largest absolute Gasteiger partial charge is 0.299 e. The van der Waals surface area contributed by atoms with Crippen LogP contribution in [0.4, 0.5) is 0 Å². The van der Waals surface area contributed by atoms with Crippen molar-refractivity contribution >= 4 is 29.6 Å². The maximum Gasteiger partial charge on any atom is 0.143 e. The van der Waals surface area contributed by atoms with E-state index in [0.717, 1.165) is 0 Å². The molecule has 0 aromatic carbocycles. The van der Waals surface area contributed by atoms with Gasteiger partial charge in [-0.25, -0.2) is 4.99 Å². The quantitative estimate of drug-likeness (QED) is 0.744. The fourth-order valence-electron chi connectivity index (χ4n) is 1.28. The summed E-state index contributed by atoms with van der Waals surface area (Å²) in [4.78, 5) is 15.1. The first-order valence-electron chi connectivity index (χ1n) is 3.99. The van der Waals surface area contributed by atoms with E-state index in [1.165, 1.54) is 11.8 Å². The minimum atomic E-state index is -0.166. The number of dihydropyridines is 1. The first-order valence-corrected chi connectivity index (χ1v) is 5.28. The van der Waals surface area contributed by atoms with Crippen molar-refractivity contribution in [1.29, 1.82) is 5.41 Å². The molecule has 0 saturated heterocycles. The van der Waals surface area contributed by atoms with Crippen molar-refractivity contribution < 1.29 is 4.79 Å². The first-order chi connectivity index (χ1) is 6.16. The first kappa shape index (κ1) is 10.2. The Morgan fingerprint density at radius 1 is 1.77 bits per heavy atom. The summed E-state index contributed by atoms with van der Waals surface area (Å²) in [6.07, 6.45) is 7.11. The van der Waals surface area contributed by atoms with E-state index in [2.05, 4.69) is 4.99 Å². The van der Waals surface area contributed by atoms with Crippen LogP contribution in [0.5, 0.6) is 0 Å². The third-order valence-electron chi connectivity index (χ3n) is 1.91. The van der Waals surface area contributed by atoms with E-state index in [4.69, 9.17) is 5.41 Å². The van der Waals surface area contributed by atoms with Gasteiger partial charge < -0.3 is 0 Å². The van der Waals surface area contributed by atoms with Crippen molar-refractivity contribution in [2.24, 2.45) is 10.9 Å². The highest BCUT2D eigenvalue weighted by Crippen LogP contribution is 2.22. The molecular formula is C9H12N2OS. The monoisotopic (exact) mass is 196 g/mol. The molecule has 0 saturated carbocycles. The molecule has 3 nitrogen and oxygen atoms in total. The molecule has 2 atom stereocenters. The molecule has 4 heteroatoms. The molecule has 1 aliphatic rings. The van der Waals surface area contributed by atoms with E-state index in [1.807, 2.05) is 12.3 Å². The fraction of sp³-hybridized carbons (Fsp3) is 0.444.